The molecule has 7 heteroatoms. The first kappa shape index (κ1) is 18.0. The smallest absolute Gasteiger partial charge is 0.317 e. The van der Waals surface area contributed by atoms with Crippen molar-refractivity contribution in [2.75, 3.05) is 11.1 Å². The highest BCUT2D eigenvalue weighted by Gasteiger charge is 2.19. The number of ether oxygens (including phenoxy) is 1. The average Bonchev–Trinajstić information content (AvgIpc) is 3.01. The fourth-order valence-electron chi connectivity index (χ4n) is 1.85. The van der Waals surface area contributed by atoms with Crippen molar-refractivity contribution < 1.29 is 14.3 Å². The summed E-state index contributed by atoms with van der Waals surface area (Å²) in [6.07, 6.45) is -0.927. The Morgan fingerprint density at radius 3 is 2.83 bits per heavy atom. The number of thioether (sulfide) groups is 1. The van der Waals surface area contributed by atoms with E-state index in [2.05, 4.69) is 5.32 Å². The monoisotopic (exact) mass is 360 g/mol. The maximum Gasteiger partial charge on any atom is 0.317 e. The van der Waals surface area contributed by atoms with Crippen LogP contribution in [0.1, 0.15) is 18.1 Å². The van der Waals surface area contributed by atoms with Gasteiger partial charge in [-0.15, -0.1) is 23.1 Å². The number of hydrogen-bond acceptors (Lipinski definition) is 6. The predicted octanol–water partition coefficient (Wildman–Crippen LogP) is 3.59. The van der Waals surface area contributed by atoms with Gasteiger partial charge in [0.15, 0.2) is 6.10 Å². The van der Waals surface area contributed by atoms with Gasteiger partial charge in [0.1, 0.15) is 11.1 Å². The molecule has 24 heavy (non-hydrogen) atoms. The number of carbonyl (C=O) groups is 2. The molecule has 0 saturated heterocycles. The highest BCUT2D eigenvalue weighted by molar-refractivity contribution is 8.00. The number of hydrogen-bond donors (Lipinski definition) is 1. The molecule has 0 spiro atoms. The molecule has 1 amide bonds. The zero-order chi connectivity index (χ0) is 17.5. The van der Waals surface area contributed by atoms with E-state index in [-0.39, 0.29) is 5.75 Å². The van der Waals surface area contributed by atoms with Crippen molar-refractivity contribution in [3.8, 4) is 6.07 Å². The Morgan fingerprint density at radius 2 is 2.12 bits per heavy atom. The molecule has 1 heterocycles. The van der Waals surface area contributed by atoms with E-state index in [1.54, 1.807) is 11.4 Å². The van der Waals surface area contributed by atoms with Crippen LogP contribution in [-0.4, -0.2) is 23.7 Å². The molecular weight excluding hydrogens is 344 g/mol. The number of rotatable bonds is 6. The van der Waals surface area contributed by atoms with E-state index >= 15 is 0 Å². The summed E-state index contributed by atoms with van der Waals surface area (Å²) in [6, 6.07) is 11.4. The van der Waals surface area contributed by atoms with Crippen LogP contribution in [0.15, 0.2) is 40.6 Å². The second kappa shape index (κ2) is 8.52. The van der Waals surface area contributed by atoms with Crippen LogP contribution >= 0.6 is 23.1 Å². The number of nitrogens with zero attached hydrogens (tertiary/aromatic N) is 1. The average molecular weight is 360 g/mol. The zero-order valence-electron chi connectivity index (χ0n) is 13.2. The Balaban J connectivity index is 1.84. The molecule has 1 aromatic heterocycles. The molecule has 0 saturated carbocycles. The molecule has 0 aliphatic heterocycles. The summed E-state index contributed by atoms with van der Waals surface area (Å²) in [5.74, 6) is -0.786. The summed E-state index contributed by atoms with van der Waals surface area (Å²) < 4.78 is 5.15. The number of thiophene rings is 1. The van der Waals surface area contributed by atoms with Gasteiger partial charge in [-0.3, -0.25) is 9.59 Å². The van der Waals surface area contributed by atoms with Crippen molar-refractivity contribution in [3.05, 3.63) is 46.8 Å². The molecule has 5 nitrogen and oxygen atoms in total. The lowest BCUT2D eigenvalue weighted by Crippen LogP contribution is -2.30. The van der Waals surface area contributed by atoms with Crippen molar-refractivity contribution in [1.82, 2.24) is 0 Å². The molecule has 1 atom stereocenters. The van der Waals surface area contributed by atoms with Crippen molar-refractivity contribution in [1.29, 1.82) is 5.26 Å². The number of esters is 1. The van der Waals surface area contributed by atoms with Gasteiger partial charge in [-0.05, 0) is 36.9 Å². The molecule has 0 aliphatic carbocycles. The largest absolute Gasteiger partial charge is 0.452 e. The van der Waals surface area contributed by atoms with Gasteiger partial charge in [-0.1, -0.05) is 18.2 Å². The molecule has 2 aromatic rings. The summed E-state index contributed by atoms with van der Waals surface area (Å²) in [6.45, 7) is 3.48. The van der Waals surface area contributed by atoms with E-state index in [0.29, 0.717) is 10.6 Å². The summed E-state index contributed by atoms with van der Waals surface area (Å²) in [5, 5.41) is 13.7. The normalized spacial score (nSPS) is 11.4. The van der Waals surface area contributed by atoms with Gasteiger partial charge in [0, 0.05) is 4.90 Å². The van der Waals surface area contributed by atoms with Gasteiger partial charge in [0.2, 0.25) is 0 Å². The molecule has 2 rings (SSSR count). The first-order valence-corrected chi connectivity index (χ1v) is 9.04. The molecule has 0 aliphatic rings. The summed E-state index contributed by atoms with van der Waals surface area (Å²) in [4.78, 5) is 24.9. The van der Waals surface area contributed by atoms with Crippen molar-refractivity contribution in [3.63, 3.8) is 0 Å². The molecule has 1 aromatic carbocycles. The van der Waals surface area contributed by atoms with E-state index in [4.69, 9.17) is 10.00 Å². The maximum atomic E-state index is 12.0. The Bertz CT molecular complexity index is 780. The van der Waals surface area contributed by atoms with Crippen LogP contribution < -0.4 is 5.32 Å². The number of amides is 1. The second-order valence-corrected chi connectivity index (χ2v) is 6.88. The Kier molecular flexibility index (Phi) is 6.41. The number of benzene rings is 1. The predicted molar refractivity (Wildman–Crippen MR) is 95.1 cm³/mol. The van der Waals surface area contributed by atoms with Crippen molar-refractivity contribution in [2.24, 2.45) is 0 Å². The summed E-state index contributed by atoms with van der Waals surface area (Å²) in [5.41, 5.74) is 1.48. The number of carbonyl (C=O) groups excluding carboxylic acids is 2. The van der Waals surface area contributed by atoms with Crippen LogP contribution in [0.3, 0.4) is 0 Å². The van der Waals surface area contributed by atoms with Crippen LogP contribution in [0.2, 0.25) is 0 Å². The van der Waals surface area contributed by atoms with Gasteiger partial charge in [-0.2, -0.15) is 5.26 Å². The number of anilines is 1. The molecule has 0 unspecified atom stereocenters. The van der Waals surface area contributed by atoms with Crippen LogP contribution in [0.25, 0.3) is 0 Å². The fraction of sp³-hybridized carbons (Fsp3) is 0.235. The van der Waals surface area contributed by atoms with E-state index in [0.717, 1.165) is 10.5 Å². The van der Waals surface area contributed by atoms with E-state index < -0.39 is 18.0 Å². The minimum atomic E-state index is -0.927. The number of nitriles is 1. The quantitative estimate of drug-likeness (QED) is 0.629. The lowest BCUT2D eigenvalue weighted by atomic mass is 10.2. The fourth-order valence-corrected chi connectivity index (χ4v) is 3.40. The van der Waals surface area contributed by atoms with Gasteiger partial charge in [-0.25, -0.2) is 0 Å². The minimum Gasteiger partial charge on any atom is -0.452 e. The lowest BCUT2D eigenvalue weighted by molar-refractivity contribution is -0.150. The Morgan fingerprint density at radius 1 is 1.38 bits per heavy atom. The Labute approximate surface area is 148 Å². The van der Waals surface area contributed by atoms with Crippen LogP contribution in [0.5, 0.6) is 0 Å². The topological polar surface area (TPSA) is 79.2 Å². The summed E-state index contributed by atoms with van der Waals surface area (Å²) >= 11 is 2.62. The molecule has 1 N–H and O–H groups in total. The highest BCUT2D eigenvalue weighted by atomic mass is 32.2. The third-order valence-corrected chi connectivity index (χ3v) is 5.12. The van der Waals surface area contributed by atoms with Crippen LogP contribution in [0.4, 0.5) is 5.00 Å². The van der Waals surface area contributed by atoms with E-state index in [1.807, 2.05) is 37.3 Å². The minimum absolute atomic E-state index is 0.130. The number of nitrogens with one attached hydrogen (secondary N) is 1. The third kappa shape index (κ3) is 4.85. The highest BCUT2D eigenvalue weighted by Crippen LogP contribution is 2.23. The van der Waals surface area contributed by atoms with Gasteiger partial charge in [0.05, 0.1) is 11.3 Å². The molecule has 0 bridgehead atoms. The maximum absolute atomic E-state index is 12.0. The SMILES string of the molecule is Cc1ccccc1SCC(=O)O[C@@H](C)C(=O)Nc1sccc1C#N. The van der Waals surface area contributed by atoms with Gasteiger partial charge >= 0.3 is 5.97 Å². The second-order valence-electron chi connectivity index (χ2n) is 4.95. The zero-order valence-corrected chi connectivity index (χ0v) is 14.9. The molecular formula is C17H16N2O3S2. The van der Waals surface area contributed by atoms with Crippen LogP contribution in [0, 0.1) is 18.3 Å². The first-order valence-electron chi connectivity index (χ1n) is 7.17. The van der Waals surface area contributed by atoms with Crippen molar-refractivity contribution >= 4 is 40.0 Å². The van der Waals surface area contributed by atoms with Crippen LogP contribution in [-0.2, 0) is 14.3 Å². The molecule has 0 radical (unpaired) electrons. The van der Waals surface area contributed by atoms with Crippen molar-refractivity contribution in [2.45, 2.75) is 24.8 Å². The van der Waals surface area contributed by atoms with E-state index in [9.17, 15) is 9.59 Å². The third-order valence-electron chi connectivity index (χ3n) is 3.14. The molecule has 0 fully saturated rings. The lowest BCUT2D eigenvalue weighted by Gasteiger charge is -2.13. The van der Waals surface area contributed by atoms with E-state index in [1.165, 1.54) is 30.0 Å². The standard InChI is InChI=1S/C17H16N2O3S2/c1-11-5-3-4-6-14(11)24-10-15(20)22-12(2)16(21)19-17-13(9-18)7-8-23-17/h3-8,12H,10H2,1-2H3,(H,19,21)/t12-/m0/s1. The number of aryl methyl sites for hydroxylation is 1. The van der Waals surface area contributed by atoms with Gasteiger partial charge in [0.25, 0.3) is 5.91 Å². The molecule has 124 valence electrons. The Hall–Kier alpha value is -2.30. The van der Waals surface area contributed by atoms with Gasteiger partial charge < -0.3 is 10.1 Å². The summed E-state index contributed by atoms with van der Waals surface area (Å²) in [7, 11) is 0. The first-order chi connectivity index (χ1) is 11.5.